The predicted molar refractivity (Wildman–Crippen MR) is 202 cm³/mol. The Bertz CT molecular complexity index is 1760. The van der Waals surface area contributed by atoms with E-state index in [0.29, 0.717) is 86.1 Å². The average Bonchev–Trinajstić information content (AvgIpc) is 3.72. The Morgan fingerprint density at radius 3 is 2.38 bits per heavy atom. The second kappa shape index (κ2) is 15.1. The van der Waals surface area contributed by atoms with E-state index in [1.165, 1.54) is 6.33 Å². The highest BCUT2D eigenvalue weighted by molar-refractivity contribution is 6.76. The van der Waals surface area contributed by atoms with Gasteiger partial charge in [-0.3, -0.25) is 4.79 Å². The number of rotatable bonds is 13. The van der Waals surface area contributed by atoms with Gasteiger partial charge in [0.25, 0.3) is 5.91 Å². The Balaban J connectivity index is 1.36. The summed E-state index contributed by atoms with van der Waals surface area (Å²) in [6, 6.07) is 6.83. The number of hydrogen-bond acceptors (Lipinski definition) is 8. The number of carbonyl (C=O) groups excluding carboxylic acids is 1. The molecule has 2 aromatic heterocycles. The summed E-state index contributed by atoms with van der Waals surface area (Å²) < 4.78 is 26.9. The SMILES string of the molecule is Cc1c(C(=O)N[C@H]2CC[C@H](N(C(=O)O)C(C)(C)C)CC2)c2ncnc(-c3cc(C4(C)OCCO4)ccc3OCC3CC3)c2n1COCC[Si](C)(C)C. The van der Waals surface area contributed by atoms with Gasteiger partial charge in [-0.15, -0.1) is 0 Å². The third kappa shape index (κ3) is 8.48. The van der Waals surface area contributed by atoms with E-state index in [1.807, 2.05) is 57.4 Å². The molecule has 3 aromatic rings. The van der Waals surface area contributed by atoms with Crippen LogP contribution in [0.2, 0.25) is 25.7 Å². The molecule has 2 aliphatic carbocycles. The highest BCUT2D eigenvalue weighted by Gasteiger charge is 2.37. The predicted octanol–water partition coefficient (Wildman–Crippen LogP) is 7.55. The van der Waals surface area contributed by atoms with Crippen LogP contribution in [0.4, 0.5) is 4.79 Å². The van der Waals surface area contributed by atoms with Gasteiger partial charge in [0.2, 0.25) is 0 Å². The quantitative estimate of drug-likeness (QED) is 0.135. The largest absolute Gasteiger partial charge is 0.493 e. The lowest BCUT2D eigenvalue weighted by Gasteiger charge is -2.42. The van der Waals surface area contributed by atoms with E-state index >= 15 is 0 Å². The average molecular weight is 736 g/mol. The Kier molecular flexibility index (Phi) is 11.1. The van der Waals surface area contributed by atoms with Gasteiger partial charge in [-0.05, 0) is 103 Å². The summed E-state index contributed by atoms with van der Waals surface area (Å²) in [6.07, 6.45) is 5.67. The summed E-state index contributed by atoms with van der Waals surface area (Å²) >= 11 is 0. The maximum Gasteiger partial charge on any atom is 0.407 e. The molecule has 0 unspecified atom stereocenters. The van der Waals surface area contributed by atoms with Crippen molar-refractivity contribution in [3.05, 3.63) is 41.3 Å². The number of nitrogens with one attached hydrogen (secondary N) is 1. The molecule has 2 amide bonds. The third-order valence-electron chi connectivity index (χ3n) is 10.6. The lowest BCUT2D eigenvalue weighted by Crippen LogP contribution is -2.53. The molecule has 3 fully saturated rings. The minimum atomic E-state index is -1.34. The van der Waals surface area contributed by atoms with Crippen molar-refractivity contribution in [1.29, 1.82) is 0 Å². The first-order chi connectivity index (χ1) is 24.6. The molecule has 3 heterocycles. The van der Waals surface area contributed by atoms with Gasteiger partial charge in [0.05, 0.1) is 30.9 Å². The maximum absolute atomic E-state index is 14.3. The first-order valence-electron chi connectivity index (χ1n) is 18.9. The molecular weight excluding hydrogens is 679 g/mol. The molecule has 52 heavy (non-hydrogen) atoms. The van der Waals surface area contributed by atoms with Crippen molar-refractivity contribution in [2.75, 3.05) is 26.4 Å². The lowest BCUT2D eigenvalue weighted by atomic mass is 9.88. The summed E-state index contributed by atoms with van der Waals surface area (Å²) in [6.45, 7) is 19.1. The number of ether oxygens (including phenoxy) is 4. The lowest BCUT2D eigenvalue weighted by molar-refractivity contribution is -0.149. The van der Waals surface area contributed by atoms with Crippen LogP contribution < -0.4 is 10.1 Å². The molecule has 284 valence electrons. The fourth-order valence-corrected chi connectivity index (χ4v) is 8.24. The van der Waals surface area contributed by atoms with E-state index in [1.54, 1.807) is 4.90 Å². The minimum absolute atomic E-state index is 0.0854. The van der Waals surface area contributed by atoms with Crippen LogP contribution in [0.15, 0.2) is 24.5 Å². The van der Waals surface area contributed by atoms with Crippen LogP contribution in [-0.2, 0) is 26.7 Å². The zero-order valence-electron chi connectivity index (χ0n) is 32.2. The second-order valence-corrected chi connectivity index (χ2v) is 22.7. The Morgan fingerprint density at radius 2 is 1.77 bits per heavy atom. The number of amides is 2. The Morgan fingerprint density at radius 1 is 1.08 bits per heavy atom. The molecule has 1 aromatic carbocycles. The molecule has 2 saturated carbocycles. The normalized spacial score (nSPS) is 20.6. The molecular formula is C39H57N5O7Si. The zero-order chi connectivity index (χ0) is 37.4. The number of carbonyl (C=O) groups is 2. The van der Waals surface area contributed by atoms with Crippen molar-refractivity contribution >= 4 is 31.1 Å². The van der Waals surface area contributed by atoms with E-state index in [9.17, 15) is 14.7 Å². The zero-order valence-corrected chi connectivity index (χ0v) is 33.2. The summed E-state index contributed by atoms with van der Waals surface area (Å²) in [5, 5.41) is 13.2. The van der Waals surface area contributed by atoms with E-state index in [4.69, 9.17) is 28.9 Å². The van der Waals surface area contributed by atoms with Crippen LogP contribution in [0, 0.1) is 12.8 Å². The van der Waals surface area contributed by atoms with E-state index < -0.39 is 25.5 Å². The molecule has 3 aliphatic rings. The van der Waals surface area contributed by atoms with Crippen LogP contribution in [0.1, 0.15) is 87.8 Å². The first kappa shape index (κ1) is 38.2. The minimum Gasteiger partial charge on any atom is -0.493 e. The molecule has 0 spiro atoms. The topological polar surface area (TPSA) is 137 Å². The smallest absolute Gasteiger partial charge is 0.407 e. The van der Waals surface area contributed by atoms with Crippen LogP contribution in [-0.4, -0.2) is 88.7 Å². The number of benzene rings is 1. The van der Waals surface area contributed by atoms with E-state index in [2.05, 4.69) is 25.0 Å². The summed E-state index contributed by atoms with van der Waals surface area (Å²) in [7, 11) is -1.34. The fourth-order valence-electron chi connectivity index (χ4n) is 7.48. The van der Waals surface area contributed by atoms with Gasteiger partial charge in [0.1, 0.15) is 30.0 Å². The van der Waals surface area contributed by atoms with Gasteiger partial charge < -0.3 is 38.8 Å². The standard InChI is InChI=1S/C39H57N5O7Si/c1-25-32(36(45)42-28-12-14-29(15-13-28)44(37(46)47)38(2,3)4)34-35(43(25)24-48-19-20-52(6,7)8)33(40-23-41-34)30-21-27(39(5)50-17-18-51-39)11-16-31(30)49-22-26-9-10-26/h11,16,21,23,26,28-29H,9-10,12-15,17-20,22,24H2,1-8H3,(H,42,45)(H,46,47)/t28-,29-. The number of aromatic nitrogens is 3. The van der Waals surface area contributed by atoms with Gasteiger partial charge in [0.15, 0.2) is 5.79 Å². The second-order valence-electron chi connectivity index (χ2n) is 17.1. The summed E-state index contributed by atoms with van der Waals surface area (Å²) in [4.78, 5) is 37.6. The van der Waals surface area contributed by atoms with E-state index in [0.717, 1.165) is 35.7 Å². The number of nitrogens with zero attached hydrogens (tertiary/aromatic N) is 4. The van der Waals surface area contributed by atoms with Crippen LogP contribution in [0.3, 0.4) is 0 Å². The van der Waals surface area contributed by atoms with Gasteiger partial charge in [-0.2, -0.15) is 0 Å². The first-order valence-corrected chi connectivity index (χ1v) is 22.6. The van der Waals surface area contributed by atoms with Crippen molar-refractivity contribution in [3.8, 4) is 17.0 Å². The summed E-state index contributed by atoms with van der Waals surface area (Å²) in [5.41, 5.74) is 4.26. The molecule has 1 aliphatic heterocycles. The van der Waals surface area contributed by atoms with Crippen molar-refractivity contribution in [3.63, 3.8) is 0 Å². The van der Waals surface area contributed by atoms with Gasteiger partial charge in [-0.25, -0.2) is 14.8 Å². The Labute approximate surface area is 308 Å². The molecule has 13 heteroatoms. The molecule has 1 saturated heterocycles. The number of hydrogen-bond donors (Lipinski definition) is 2. The van der Waals surface area contributed by atoms with Crippen LogP contribution in [0.25, 0.3) is 22.3 Å². The van der Waals surface area contributed by atoms with Crippen molar-refractivity contribution < 1.29 is 33.6 Å². The molecule has 2 N–H and O–H groups in total. The van der Waals surface area contributed by atoms with Crippen molar-refractivity contribution in [2.24, 2.45) is 5.92 Å². The van der Waals surface area contributed by atoms with E-state index in [-0.39, 0.29) is 24.7 Å². The molecule has 0 atom stereocenters. The molecule has 12 nitrogen and oxygen atoms in total. The maximum atomic E-state index is 14.3. The van der Waals surface area contributed by atoms with Gasteiger partial charge >= 0.3 is 6.09 Å². The van der Waals surface area contributed by atoms with Crippen molar-refractivity contribution in [1.82, 2.24) is 24.8 Å². The monoisotopic (exact) mass is 735 g/mol. The van der Waals surface area contributed by atoms with Gasteiger partial charge in [0, 0.05) is 49.1 Å². The molecule has 0 bridgehead atoms. The highest BCUT2D eigenvalue weighted by Crippen LogP contribution is 2.41. The highest BCUT2D eigenvalue weighted by atomic mass is 28.3. The third-order valence-corrected chi connectivity index (χ3v) is 12.3. The van der Waals surface area contributed by atoms with Crippen LogP contribution in [0.5, 0.6) is 5.75 Å². The number of carboxylic acid groups (broad SMARTS) is 1. The number of fused-ring (bicyclic) bond motifs is 1. The van der Waals surface area contributed by atoms with Gasteiger partial charge in [-0.1, -0.05) is 19.6 Å². The Hall–Kier alpha value is -3.52. The fraction of sp³-hybridized carbons (Fsp3) is 0.641. The van der Waals surface area contributed by atoms with Crippen molar-refractivity contribution in [2.45, 2.75) is 129 Å². The van der Waals surface area contributed by atoms with Crippen LogP contribution >= 0.6 is 0 Å². The molecule has 0 radical (unpaired) electrons. The molecule has 6 rings (SSSR count). The summed E-state index contributed by atoms with van der Waals surface area (Å²) in [5.74, 6) is 0.151.